The maximum absolute atomic E-state index is 11.9. The second kappa shape index (κ2) is 8.62. The molecule has 1 fully saturated rings. The molecular formula is C26H35N3O2. The number of aromatic nitrogens is 1. The van der Waals surface area contributed by atoms with Crippen molar-refractivity contribution in [2.75, 3.05) is 26.7 Å². The van der Waals surface area contributed by atoms with Crippen LogP contribution in [-0.4, -0.2) is 52.7 Å². The van der Waals surface area contributed by atoms with Crippen molar-refractivity contribution in [3.63, 3.8) is 0 Å². The van der Waals surface area contributed by atoms with Gasteiger partial charge in [-0.1, -0.05) is 45.0 Å². The van der Waals surface area contributed by atoms with E-state index in [2.05, 4.69) is 69.1 Å². The Kier molecular flexibility index (Phi) is 6.07. The lowest BCUT2D eigenvalue weighted by atomic mass is 9.79. The Labute approximate surface area is 185 Å². The highest BCUT2D eigenvalue weighted by atomic mass is 16.4. The van der Waals surface area contributed by atoms with Crippen molar-refractivity contribution < 1.29 is 9.90 Å². The molecule has 0 radical (unpaired) electrons. The average molecular weight is 422 g/mol. The number of carboxylic acid groups (broad SMARTS) is 1. The van der Waals surface area contributed by atoms with Crippen LogP contribution in [0.25, 0.3) is 10.9 Å². The van der Waals surface area contributed by atoms with Gasteiger partial charge in [-0.05, 0) is 69.4 Å². The summed E-state index contributed by atoms with van der Waals surface area (Å²) in [5.41, 5.74) is 4.11. The highest BCUT2D eigenvalue weighted by molar-refractivity contribution is 5.79. The summed E-state index contributed by atoms with van der Waals surface area (Å²) in [6.45, 7) is 9.24. The molecule has 0 aliphatic carbocycles. The van der Waals surface area contributed by atoms with E-state index < -0.39 is 6.09 Å². The van der Waals surface area contributed by atoms with Gasteiger partial charge in [-0.2, -0.15) is 0 Å². The molecule has 2 aliphatic rings. The number of pyridine rings is 1. The lowest BCUT2D eigenvalue weighted by Crippen LogP contribution is -2.41. The molecule has 166 valence electrons. The normalized spacial score (nSPS) is 21.4. The summed E-state index contributed by atoms with van der Waals surface area (Å²) < 4.78 is 0. The van der Waals surface area contributed by atoms with Gasteiger partial charge in [-0.15, -0.1) is 0 Å². The van der Waals surface area contributed by atoms with E-state index in [1.165, 1.54) is 24.1 Å². The zero-order valence-corrected chi connectivity index (χ0v) is 19.3. The van der Waals surface area contributed by atoms with Crippen LogP contribution in [0.3, 0.4) is 0 Å². The molecule has 1 saturated heterocycles. The number of rotatable bonds is 4. The van der Waals surface area contributed by atoms with Crippen molar-refractivity contribution in [1.29, 1.82) is 0 Å². The molecule has 1 atom stereocenters. The van der Waals surface area contributed by atoms with Gasteiger partial charge in [0.1, 0.15) is 0 Å². The number of amides is 1. The Bertz CT molecular complexity index is 989. The van der Waals surface area contributed by atoms with Gasteiger partial charge in [0.2, 0.25) is 0 Å². The first-order chi connectivity index (χ1) is 14.7. The minimum atomic E-state index is -0.853. The molecular weight excluding hydrogens is 386 g/mol. The maximum atomic E-state index is 11.9. The highest BCUT2D eigenvalue weighted by Gasteiger charge is 2.34. The number of fused-ring (bicyclic) bond motifs is 1. The van der Waals surface area contributed by atoms with Gasteiger partial charge in [0.15, 0.2) is 0 Å². The fraction of sp³-hybridized carbons (Fsp3) is 0.538. The van der Waals surface area contributed by atoms with E-state index in [-0.39, 0.29) is 5.41 Å². The number of hydrogen-bond donors (Lipinski definition) is 1. The van der Waals surface area contributed by atoms with Crippen molar-refractivity contribution in [3.8, 4) is 0 Å². The third kappa shape index (κ3) is 4.77. The van der Waals surface area contributed by atoms with Crippen LogP contribution in [0.2, 0.25) is 0 Å². The average Bonchev–Trinajstić information content (AvgIpc) is 2.73. The number of benzene rings is 1. The zero-order chi connectivity index (χ0) is 22.2. The van der Waals surface area contributed by atoms with E-state index >= 15 is 0 Å². The van der Waals surface area contributed by atoms with E-state index in [0.29, 0.717) is 18.4 Å². The highest BCUT2D eigenvalue weighted by Crippen LogP contribution is 2.37. The zero-order valence-electron chi connectivity index (χ0n) is 19.3. The first-order valence-corrected chi connectivity index (χ1v) is 11.5. The van der Waals surface area contributed by atoms with E-state index in [1.54, 1.807) is 4.90 Å². The summed E-state index contributed by atoms with van der Waals surface area (Å²) in [6.07, 6.45) is 5.32. The van der Waals surface area contributed by atoms with E-state index in [4.69, 9.17) is 4.98 Å². The van der Waals surface area contributed by atoms with Gasteiger partial charge in [0.05, 0.1) is 5.52 Å². The summed E-state index contributed by atoms with van der Waals surface area (Å²) >= 11 is 0. The third-order valence-electron chi connectivity index (χ3n) is 6.98. The van der Waals surface area contributed by atoms with Crippen molar-refractivity contribution >= 4 is 17.0 Å². The Balaban J connectivity index is 1.58. The summed E-state index contributed by atoms with van der Waals surface area (Å²) in [5.74, 6) is 0.901. The van der Waals surface area contributed by atoms with Crippen LogP contribution in [-0.2, 0) is 6.42 Å². The topological polar surface area (TPSA) is 56.7 Å². The number of likely N-dealkylation sites (tertiary alicyclic amines) is 1. The van der Waals surface area contributed by atoms with Crippen molar-refractivity contribution in [2.24, 2.45) is 11.3 Å². The first-order valence-electron chi connectivity index (χ1n) is 11.5. The number of allylic oxidation sites excluding steroid dienone is 2. The lowest BCUT2D eigenvalue weighted by molar-refractivity contribution is 0.134. The molecule has 1 aromatic heterocycles. The van der Waals surface area contributed by atoms with Gasteiger partial charge in [-0.3, -0.25) is 9.88 Å². The Morgan fingerprint density at radius 1 is 1.19 bits per heavy atom. The van der Waals surface area contributed by atoms with Crippen molar-refractivity contribution in [3.05, 3.63) is 53.4 Å². The second-order valence-corrected chi connectivity index (χ2v) is 10.2. The molecule has 1 amide bonds. The standard InChI is InChI=1S/C26H35N3O2/c1-18-5-10-24(29(17-18)25(30)31)26(2,3)16-19-6-7-20-8-9-22(27-23(20)15-19)21-11-13-28(4)14-12-21/h6-10,15,18,21H,5,11-14,16-17H2,1-4H3,(H,30,31)/t18-/m0/s1. The van der Waals surface area contributed by atoms with Crippen LogP contribution < -0.4 is 0 Å². The molecule has 3 heterocycles. The van der Waals surface area contributed by atoms with Gasteiger partial charge < -0.3 is 10.0 Å². The van der Waals surface area contributed by atoms with E-state index in [1.807, 2.05) is 0 Å². The summed E-state index contributed by atoms with van der Waals surface area (Å²) in [7, 11) is 2.19. The third-order valence-corrected chi connectivity index (χ3v) is 6.98. The van der Waals surface area contributed by atoms with Gasteiger partial charge in [-0.25, -0.2) is 4.79 Å². The first kappa shape index (κ1) is 21.8. The number of nitrogens with zero attached hydrogens (tertiary/aromatic N) is 3. The lowest BCUT2D eigenvalue weighted by Gasteiger charge is -2.39. The number of carbonyl (C=O) groups is 1. The van der Waals surface area contributed by atoms with E-state index in [0.717, 1.165) is 42.5 Å². The Hall–Kier alpha value is -2.40. The Morgan fingerprint density at radius 2 is 1.90 bits per heavy atom. The molecule has 5 heteroatoms. The summed E-state index contributed by atoms with van der Waals surface area (Å²) in [4.78, 5) is 20.8. The van der Waals surface area contributed by atoms with Gasteiger partial charge >= 0.3 is 6.09 Å². The second-order valence-electron chi connectivity index (χ2n) is 10.2. The van der Waals surface area contributed by atoms with Crippen molar-refractivity contribution in [2.45, 2.75) is 52.4 Å². The molecule has 1 aromatic carbocycles. The van der Waals surface area contributed by atoms with Gasteiger partial charge in [0.25, 0.3) is 0 Å². The van der Waals surface area contributed by atoms with Crippen LogP contribution in [0.1, 0.15) is 57.2 Å². The molecule has 1 N–H and O–H groups in total. The molecule has 5 nitrogen and oxygen atoms in total. The minimum Gasteiger partial charge on any atom is -0.465 e. The number of piperidine rings is 1. The van der Waals surface area contributed by atoms with E-state index in [9.17, 15) is 9.90 Å². The molecule has 31 heavy (non-hydrogen) atoms. The fourth-order valence-corrected chi connectivity index (χ4v) is 5.15. The monoisotopic (exact) mass is 421 g/mol. The largest absolute Gasteiger partial charge is 0.465 e. The molecule has 4 rings (SSSR count). The molecule has 0 spiro atoms. The molecule has 0 bridgehead atoms. The summed E-state index contributed by atoms with van der Waals surface area (Å²) in [6, 6.07) is 10.9. The Morgan fingerprint density at radius 3 is 2.61 bits per heavy atom. The molecule has 2 aliphatic heterocycles. The predicted octanol–water partition coefficient (Wildman–Crippen LogP) is 5.52. The molecule has 0 saturated carbocycles. The van der Waals surface area contributed by atoms with Gasteiger partial charge in [0, 0.05) is 34.7 Å². The predicted molar refractivity (Wildman–Crippen MR) is 125 cm³/mol. The maximum Gasteiger partial charge on any atom is 0.411 e. The molecule has 2 aromatic rings. The molecule has 0 unspecified atom stereocenters. The quantitative estimate of drug-likeness (QED) is 0.706. The number of hydrogen-bond acceptors (Lipinski definition) is 3. The van der Waals surface area contributed by atoms with Crippen LogP contribution >= 0.6 is 0 Å². The summed E-state index contributed by atoms with van der Waals surface area (Å²) in [5, 5.41) is 10.9. The van der Waals surface area contributed by atoms with Crippen molar-refractivity contribution in [1.82, 2.24) is 14.8 Å². The van der Waals surface area contributed by atoms with Crippen LogP contribution in [0, 0.1) is 11.3 Å². The SMILES string of the molecule is C[C@H]1CC=C(C(C)(C)Cc2ccc3ccc(C4CCN(C)CC4)nc3c2)N(C(=O)O)C1. The smallest absolute Gasteiger partial charge is 0.411 e. The van der Waals surface area contributed by atoms with Crippen LogP contribution in [0.15, 0.2) is 42.1 Å². The van der Waals surface area contributed by atoms with Crippen LogP contribution in [0.4, 0.5) is 4.79 Å². The van der Waals surface area contributed by atoms with Crippen LogP contribution in [0.5, 0.6) is 0 Å². The minimum absolute atomic E-state index is 0.266. The fourth-order valence-electron chi connectivity index (χ4n) is 5.15.